The van der Waals surface area contributed by atoms with Gasteiger partial charge in [0, 0.05) is 31.3 Å². The van der Waals surface area contributed by atoms with Crippen molar-refractivity contribution in [1.82, 2.24) is 0 Å². The van der Waals surface area contributed by atoms with Crippen LogP contribution in [0.15, 0.2) is 24.3 Å². The highest BCUT2D eigenvalue weighted by Crippen LogP contribution is 2.45. The molecule has 0 aromatic heterocycles. The van der Waals surface area contributed by atoms with Crippen LogP contribution >= 0.6 is 22.6 Å². The number of fused-ring (bicyclic) bond motifs is 1. The molecule has 3 rings (SSSR count). The molecule has 31 heavy (non-hydrogen) atoms. The molecule has 0 aliphatic carbocycles. The van der Waals surface area contributed by atoms with E-state index in [1.165, 1.54) is 0 Å². The van der Waals surface area contributed by atoms with E-state index in [0.717, 1.165) is 21.8 Å². The quantitative estimate of drug-likeness (QED) is 0.130. The molecule has 0 amide bonds. The first-order chi connectivity index (χ1) is 14.8. The summed E-state index contributed by atoms with van der Waals surface area (Å²) in [5, 5.41) is 0. The van der Waals surface area contributed by atoms with Crippen LogP contribution in [-0.2, 0) is 28.4 Å². The number of hydrogen-bond acceptors (Lipinski definition) is 7. The summed E-state index contributed by atoms with van der Waals surface area (Å²) in [5.41, 5.74) is 0.0569. The third-order valence-electron chi connectivity index (χ3n) is 5.51. The summed E-state index contributed by atoms with van der Waals surface area (Å²) in [7, 11) is 0.487. The fourth-order valence-electron chi connectivity index (χ4n) is 3.69. The van der Waals surface area contributed by atoms with E-state index in [1.54, 1.807) is 7.11 Å². The molecule has 5 atom stereocenters. The van der Waals surface area contributed by atoms with E-state index >= 15 is 0 Å². The average Bonchev–Trinajstić information content (AvgIpc) is 3.06. The van der Waals surface area contributed by atoms with Gasteiger partial charge in [-0.1, -0.05) is 54.4 Å². The lowest BCUT2D eigenvalue weighted by Crippen LogP contribution is -2.59. The van der Waals surface area contributed by atoms with Gasteiger partial charge < -0.3 is 33.2 Å². The summed E-state index contributed by atoms with van der Waals surface area (Å²) in [6, 6.07) is 8.78. The smallest absolute Gasteiger partial charge is 0.192 e. The predicted octanol–water partition coefficient (Wildman–Crippen LogP) is 4.37. The average molecular weight is 567 g/mol. The molecule has 7 nitrogen and oxygen atoms in total. The van der Waals surface area contributed by atoms with Crippen molar-refractivity contribution < 1.29 is 33.2 Å². The zero-order valence-corrected chi connectivity index (χ0v) is 22.3. The van der Waals surface area contributed by atoms with Crippen molar-refractivity contribution in [2.75, 3.05) is 38.2 Å². The minimum atomic E-state index is -1.16. The van der Waals surface area contributed by atoms with Gasteiger partial charge >= 0.3 is 0 Å². The molecule has 2 heterocycles. The number of ether oxygens (including phenoxy) is 7. The van der Waals surface area contributed by atoms with Gasteiger partial charge in [0.2, 0.25) is 0 Å². The fraction of sp³-hybridized carbons (Fsp3) is 0.727. The molecule has 0 bridgehead atoms. The largest absolute Gasteiger partial charge is 0.497 e. The van der Waals surface area contributed by atoms with Gasteiger partial charge in [-0.15, -0.1) is 0 Å². The molecule has 2 saturated heterocycles. The Balaban J connectivity index is 1.72. The molecule has 1 aromatic rings. The summed E-state index contributed by atoms with van der Waals surface area (Å²) >= 11 is 2.31. The third kappa shape index (κ3) is 6.20. The van der Waals surface area contributed by atoms with Crippen LogP contribution in [-0.4, -0.2) is 70.3 Å². The van der Waals surface area contributed by atoms with Crippen LogP contribution in [0.2, 0.25) is 25.7 Å². The second-order valence-electron chi connectivity index (χ2n) is 9.02. The van der Waals surface area contributed by atoms with Crippen molar-refractivity contribution in [1.29, 1.82) is 0 Å². The van der Waals surface area contributed by atoms with Crippen LogP contribution in [0, 0.1) is 0 Å². The van der Waals surface area contributed by atoms with Gasteiger partial charge in [-0.3, -0.25) is 0 Å². The Bertz CT molecular complexity index is 683. The van der Waals surface area contributed by atoms with Crippen LogP contribution in [0.3, 0.4) is 0 Å². The molecule has 0 unspecified atom stereocenters. The Labute approximate surface area is 200 Å². The number of rotatable bonds is 11. The first-order valence-electron chi connectivity index (χ1n) is 10.8. The molecule has 9 heteroatoms. The van der Waals surface area contributed by atoms with Crippen molar-refractivity contribution in [3.05, 3.63) is 29.8 Å². The molecule has 0 N–H and O–H groups in total. The summed E-state index contributed by atoms with van der Waals surface area (Å²) in [6.07, 6.45) is -1.57. The molecule has 2 aliphatic heterocycles. The summed E-state index contributed by atoms with van der Waals surface area (Å²) in [5.74, 6) is 0.790. The third-order valence-corrected chi connectivity index (χ3v) is 8.08. The van der Waals surface area contributed by atoms with Crippen molar-refractivity contribution in [2.45, 2.75) is 63.0 Å². The van der Waals surface area contributed by atoms with Crippen LogP contribution in [0.25, 0.3) is 0 Å². The van der Waals surface area contributed by atoms with Gasteiger partial charge in [-0.05, 0) is 25.1 Å². The highest BCUT2D eigenvalue weighted by atomic mass is 127. The highest BCUT2D eigenvalue weighted by Gasteiger charge is 2.62. The Hall–Kier alpha value is -0.273. The van der Waals surface area contributed by atoms with E-state index < -0.39 is 26.3 Å². The minimum Gasteiger partial charge on any atom is -0.497 e. The van der Waals surface area contributed by atoms with Gasteiger partial charge in [0.15, 0.2) is 18.2 Å². The van der Waals surface area contributed by atoms with Gasteiger partial charge in [0.1, 0.15) is 18.6 Å². The molecule has 0 radical (unpaired) electrons. The Morgan fingerprint density at radius 1 is 1.16 bits per heavy atom. The Morgan fingerprint density at radius 3 is 2.52 bits per heavy atom. The zero-order chi connectivity index (χ0) is 22.5. The van der Waals surface area contributed by atoms with E-state index in [4.69, 9.17) is 33.2 Å². The topological polar surface area (TPSA) is 64.6 Å². The van der Waals surface area contributed by atoms with Crippen molar-refractivity contribution in [3.8, 4) is 5.75 Å². The molecule has 2 fully saturated rings. The van der Waals surface area contributed by atoms with Crippen molar-refractivity contribution in [2.24, 2.45) is 0 Å². The standard InChI is InChI=1S/C22H35IO7Si/c1-6-26-21-22(28-15-25-11-12-31(3,4)5)14-27-20(30-19(22)18(13-23)29-21)16-7-9-17(24-2)10-8-16/h7-10,18-21H,6,11-15H2,1-5H3/t18-,19-,20+,21-,22+/m1/s1. The number of halogens is 1. The number of hydrogen-bond donors (Lipinski definition) is 0. The SMILES string of the molecule is CCO[C@@H]1O[C@H](CI)[C@H]2O[C@@H](c3ccc(OC)cc3)OC[C@@]12OCOCC[Si](C)(C)C. The van der Waals surface area contributed by atoms with E-state index in [-0.39, 0.29) is 19.0 Å². The maximum absolute atomic E-state index is 6.42. The maximum Gasteiger partial charge on any atom is 0.192 e. The van der Waals surface area contributed by atoms with Crippen molar-refractivity contribution in [3.63, 3.8) is 0 Å². The van der Waals surface area contributed by atoms with E-state index in [1.807, 2.05) is 31.2 Å². The van der Waals surface area contributed by atoms with Crippen LogP contribution in [0.1, 0.15) is 18.8 Å². The molecule has 0 saturated carbocycles. The van der Waals surface area contributed by atoms with E-state index in [0.29, 0.717) is 19.8 Å². The highest BCUT2D eigenvalue weighted by molar-refractivity contribution is 14.1. The van der Waals surface area contributed by atoms with Gasteiger partial charge in [0.25, 0.3) is 0 Å². The molecule has 1 aromatic carbocycles. The zero-order valence-electron chi connectivity index (χ0n) is 19.1. The first kappa shape index (κ1) is 25.4. The molecule has 176 valence electrons. The molecule has 0 spiro atoms. The van der Waals surface area contributed by atoms with E-state index in [2.05, 4.69) is 42.2 Å². The lowest BCUT2D eigenvalue weighted by atomic mass is 9.94. The van der Waals surface area contributed by atoms with Crippen molar-refractivity contribution >= 4 is 30.7 Å². The van der Waals surface area contributed by atoms with Crippen LogP contribution < -0.4 is 4.74 Å². The lowest BCUT2D eigenvalue weighted by molar-refractivity contribution is -0.333. The van der Waals surface area contributed by atoms with E-state index in [9.17, 15) is 0 Å². The van der Waals surface area contributed by atoms with Gasteiger partial charge in [0.05, 0.1) is 19.8 Å². The Kier molecular flexibility index (Phi) is 9.19. The Morgan fingerprint density at radius 2 is 1.90 bits per heavy atom. The summed E-state index contributed by atoms with van der Waals surface area (Å²) < 4.78 is 42.8. The summed E-state index contributed by atoms with van der Waals surface area (Å²) in [6.45, 7) is 10.6. The normalized spacial score (nSPS) is 30.9. The predicted molar refractivity (Wildman–Crippen MR) is 129 cm³/mol. The molecular formula is C22H35IO7Si. The summed E-state index contributed by atoms with van der Waals surface area (Å²) in [4.78, 5) is 0. The number of alkyl halides is 1. The second kappa shape index (κ2) is 11.2. The lowest BCUT2D eigenvalue weighted by Gasteiger charge is -2.43. The monoisotopic (exact) mass is 566 g/mol. The second-order valence-corrected chi connectivity index (χ2v) is 15.5. The van der Waals surface area contributed by atoms with Gasteiger partial charge in [-0.25, -0.2) is 0 Å². The van der Waals surface area contributed by atoms with Crippen LogP contribution in [0.4, 0.5) is 0 Å². The first-order valence-corrected chi connectivity index (χ1v) is 16.0. The number of benzene rings is 1. The molecule has 2 aliphatic rings. The molecular weight excluding hydrogens is 531 g/mol. The van der Waals surface area contributed by atoms with Crippen LogP contribution in [0.5, 0.6) is 5.75 Å². The minimum absolute atomic E-state index is 0.155. The van der Waals surface area contributed by atoms with Gasteiger partial charge in [-0.2, -0.15) is 0 Å². The maximum atomic E-state index is 6.42. The number of methoxy groups -OCH3 is 1. The fourth-order valence-corrected chi connectivity index (χ4v) is 5.12.